The van der Waals surface area contributed by atoms with E-state index in [0.717, 1.165) is 33.1 Å². The number of aryl methyl sites for hydroxylation is 1. The predicted octanol–water partition coefficient (Wildman–Crippen LogP) is 3.09. The summed E-state index contributed by atoms with van der Waals surface area (Å²) in [6.45, 7) is 2.12. The zero-order valence-electron chi connectivity index (χ0n) is 12.7. The summed E-state index contributed by atoms with van der Waals surface area (Å²) in [5.74, 6) is 2.05. The van der Waals surface area contributed by atoms with Gasteiger partial charge in [-0.2, -0.15) is 0 Å². The Morgan fingerprint density at radius 3 is 2.48 bits per heavy atom. The molecule has 5 rings (SSSR count). The molecule has 0 spiro atoms. The summed E-state index contributed by atoms with van der Waals surface area (Å²) in [5.41, 5.74) is 1.78. The number of methoxy groups -OCH3 is 1. The minimum absolute atomic E-state index is 0.0385. The van der Waals surface area contributed by atoms with Crippen molar-refractivity contribution in [1.82, 2.24) is 4.40 Å². The first-order valence-electron chi connectivity index (χ1n) is 7.36. The van der Waals surface area contributed by atoms with Crippen LogP contribution in [0.15, 0.2) is 35.1 Å². The molecule has 1 aliphatic rings. The highest BCUT2D eigenvalue weighted by molar-refractivity contribution is 6.13. The molecular weight excluding hydrogens is 294 g/mol. The molecule has 114 valence electrons. The van der Waals surface area contributed by atoms with Crippen LogP contribution in [0.2, 0.25) is 0 Å². The molecule has 0 fully saturated rings. The van der Waals surface area contributed by atoms with Gasteiger partial charge in [-0.1, -0.05) is 0 Å². The maximum atomic E-state index is 13.0. The molecule has 0 atom stereocenters. The molecule has 1 aliphatic heterocycles. The van der Waals surface area contributed by atoms with E-state index < -0.39 is 0 Å². The largest absolute Gasteiger partial charge is 0.497 e. The third-order valence-electron chi connectivity index (χ3n) is 4.53. The van der Waals surface area contributed by atoms with Crippen molar-refractivity contribution in [3.63, 3.8) is 0 Å². The Labute approximate surface area is 130 Å². The second-order valence-corrected chi connectivity index (χ2v) is 5.79. The van der Waals surface area contributed by atoms with Gasteiger partial charge in [-0.25, -0.2) is 0 Å². The van der Waals surface area contributed by atoms with Crippen LogP contribution in [-0.4, -0.2) is 18.3 Å². The van der Waals surface area contributed by atoms with Gasteiger partial charge in [0, 0.05) is 21.9 Å². The number of hydrogen-bond acceptors (Lipinski definition) is 4. The van der Waals surface area contributed by atoms with E-state index in [2.05, 4.69) is 0 Å². The average Bonchev–Trinajstić information content (AvgIpc) is 3.13. The summed E-state index contributed by atoms with van der Waals surface area (Å²) >= 11 is 0. The molecule has 0 saturated heterocycles. The minimum Gasteiger partial charge on any atom is -0.497 e. The maximum Gasteiger partial charge on any atom is 0.263 e. The van der Waals surface area contributed by atoms with Crippen LogP contribution in [0.4, 0.5) is 0 Å². The lowest BCUT2D eigenvalue weighted by atomic mass is 10.0. The molecule has 3 heterocycles. The van der Waals surface area contributed by atoms with Crippen LogP contribution >= 0.6 is 0 Å². The lowest BCUT2D eigenvalue weighted by Gasteiger charge is -2.09. The molecule has 0 unspecified atom stereocenters. The van der Waals surface area contributed by atoms with E-state index in [0.29, 0.717) is 16.9 Å². The Balaban J connectivity index is 2.11. The fourth-order valence-corrected chi connectivity index (χ4v) is 3.50. The van der Waals surface area contributed by atoms with Crippen LogP contribution in [0.3, 0.4) is 0 Å². The monoisotopic (exact) mass is 307 g/mol. The van der Waals surface area contributed by atoms with Gasteiger partial charge in [-0.05, 0) is 37.3 Å². The van der Waals surface area contributed by atoms with Crippen molar-refractivity contribution in [2.75, 3.05) is 13.9 Å². The van der Waals surface area contributed by atoms with E-state index in [9.17, 15) is 4.79 Å². The van der Waals surface area contributed by atoms with Gasteiger partial charge >= 0.3 is 0 Å². The van der Waals surface area contributed by atoms with Crippen LogP contribution in [0.5, 0.6) is 17.2 Å². The van der Waals surface area contributed by atoms with E-state index in [-0.39, 0.29) is 12.4 Å². The summed E-state index contributed by atoms with van der Waals surface area (Å²) in [6.07, 6.45) is 0. The van der Waals surface area contributed by atoms with Crippen molar-refractivity contribution in [2.24, 2.45) is 0 Å². The molecule has 4 aromatic rings. The van der Waals surface area contributed by atoms with Gasteiger partial charge in [0.25, 0.3) is 5.56 Å². The minimum atomic E-state index is -0.0385. The summed E-state index contributed by atoms with van der Waals surface area (Å²) in [5, 5.41) is 3.44. The first-order chi connectivity index (χ1) is 11.2. The summed E-state index contributed by atoms with van der Waals surface area (Å²) < 4.78 is 18.1. The third-order valence-corrected chi connectivity index (χ3v) is 4.53. The van der Waals surface area contributed by atoms with Crippen LogP contribution in [-0.2, 0) is 0 Å². The fraction of sp³-hybridized carbons (Fsp3) is 0.167. The Bertz CT molecular complexity index is 1160. The van der Waals surface area contributed by atoms with Gasteiger partial charge < -0.3 is 14.2 Å². The Morgan fingerprint density at radius 2 is 1.74 bits per heavy atom. The number of benzene rings is 2. The Morgan fingerprint density at radius 1 is 1.00 bits per heavy atom. The van der Waals surface area contributed by atoms with Gasteiger partial charge in [0.1, 0.15) is 5.75 Å². The number of pyridine rings is 1. The van der Waals surface area contributed by atoms with Crippen LogP contribution < -0.4 is 19.8 Å². The van der Waals surface area contributed by atoms with Crippen molar-refractivity contribution in [3.8, 4) is 17.2 Å². The van der Waals surface area contributed by atoms with Crippen molar-refractivity contribution >= 4 is 27.1 Å². The molecular formula is C18H13NO4. The van der Waals surface area contributed by atoms with Gasteiger partial charge in [-0.15, -0.1) is 0 Å². The first kappa shape index (κ1) is 12.6. The number of fused-ring (bicyclic) bond motifs is 3. The van der Waals surface area contributed by atoms with Crippen molar-refractivity contribution in [1.29, 1.82) is 0 Å². The smallest absolute Gasteiger partial charge is 0.263 e. The number of rotatable bonds is 1. The average molecular weight is 307 g/mol. The molecule has 23 heavy (non-hydrogen) atoms. The normalized spacial score (nSPS) is 13.5. The van der Waals surface area contributed by atoms with Gasteiger partial charge in [0.05, 0.1) is 18.0 Å². The summed E-state index contributed by atoms with van der Waals surface area (Å²) in [4.78, 5) is 13.0. The molecule has 0 N–H and O–H groups in total. The molecule has 2 aromatic heterocycles. The molecule has 0 aliphatic carbocycles. The fourth-order valence-electron chi connectivity index (χ4n) is 3.50. The second kappa shape index (κ2) is 4.07. The standard InChI is InChI=1S/C18H13NO4/c1-9-3-10-4-11(21-2)5-13-12-6-15-16(23-8-22-15)7-14(12)18(20)19(9)17(10)13/h3-7H,8H2,1-2H3. The quantitative estimate of drug-likeness (QED) is 0.507. The number of hydrogen-bond donors (Lipinski definition) is 0. The second-order valence-electron chi connectivity index (χ2n) is 5.79. The number of aromatic nitrogens is 1. The lowest BCUT2D eigenvalue weighted by Crippen LogP contribution is -2.14. The van der Waals surface area contributed by atoms with Crippen LogP contribution in [0, 0.1) is 6.92 Å². The van der Waals surface area contributed by atoms with E-state index >= 15 is 0 Å². The molecule has 5 heteroatoms. The highest BCUT2D eigenvalue weighted by Gasteiger charge is 2.20. The highest BCUT2D eigenvalue weighted by Crippen LogP contribution is 2.39. The number of nitrogens with zero attached hydrogens (tertiary/aromatic N) is 1. The van der Waals surface area contributed by atoms with E-state index in [4.69, 9.17) is 14.2 Å². The Kier molecular flexibility index (Phi) is 2.23. The van der Waals surface area contributed by atoms with Gasteiger partial charge in [0.15, 0.2) is 11.5 Å². The highest BCUT2D eigenvalue weighted by atomic mass is 16.7. The zero-order chi connectivity index (χ0) is 15.7. The van der Waals surface area contributed by atoms with E-state index in [1.807, 2.05) is 31.2 Å². The summed E-state index contributed by atoms with van der Waals surface area (Å²) in [7, 11) is 1.65. The van der Waals surface area contributed by atoms with E-state index in [1.54, 1.807) is 17.6 Å². The van der Waals surface area contributed by atoms with E-state index in [1.165, 1.54) is 0 Å². The van der Waals surface area contributed by atoms with Crippen LogP contribution in [0.25, 0.3) is 27.1 Å². The van der Waals surface area contributed by atoms with Gasteiger partial charge in [-0.3, -0.25) is 9.20 Å². The molecule has 0 radical (unpaired) electrons. The predicted molar refractivity (Wildman–Crippen MR) is 87.3 cm³/mol. The van der Waals surface area contributed by atoms with Crippen molar-refractivity contribution in [3.05, 3.63) is 46.4 Å². The van der Waals surface area contributed by atoms with Crippen molar-refractivity contribution < 1.29 is 14.2 Å². The molecule has 0 amide bonds. The topological polar surface area (TPSA) is 49.2 Å². The molecule has 0 saturated carbocycles. The first-order valence-corrected chi connectivity index (χ1v) is 7.36. The third kappa shape index (κ3) is 1.49. The Hall–Kier alpha value is -2.95. The SMILES string of the molecule is COc1cc2cc(C)n3c(=O)c4cc5c(cc4c(c1)c23)OCO5. The maximum absolute atomic E-state index is 13.0. The molecule has 0 bridgehead atoms. The lowest BCUT2D eigenvalue weighted by molar-refractivity contribution is 0.174. The number of ether oxygens (including phenoxy) is 3. The molecule has 2 aromatic carbocycles. The molecule has 5 nitrogen and oxygen atoms in total. The summed E-state index contributed by atoms with van der Waals surface area (Å²) in [6, 6.07) is 9.58. The van der Waals surface area contributed by atoms with Gasteiger partial charge in [0.2, 0.25) is 6.79 Å². The van der Waals surface area contributed by atoms with Crippen molar-refractivity contribution in [2.45, 2.75) is 6.92 Å². The van der Waals surface area contributed by atoms with Crippen LogP contribution in [0.1, 0.15) is 5.69 Å². The zero-order valence-corrected chi connectivity index (χ0v) is 12.7.